The molecule has 6 nitrogen and oxygen atoms in total. The maximum absolute atomic E-state index is 12.1. The lowest BCUT2D eigenvalue weighted by molar-refractivity contribution is -0.148. The molecule has 6 heteroatoms. The van der Waals surface area contributed by atoms with Gasteiger partial charge in [0.15, 0.2) is 6.10 Å². The molecular weight excluding hydrogens is 334 g/mol. The summed E-state index contributed by atoms with van der Waals surface area (Å²) in [6, 6.07) is 14.1. The summed E-state index contributed by atoms with van der Waals surface area (Å²) in [7, 11) is 3.13. The fraction of sp³-hybridized carbons (Fsp3) is 0.200. The quantitative estimate of drug-likeness (QED) is 0.609. The van der Waals surface area contributed by atoms with Gasteiger partial charge in [-0.05, 0) is 42.8 Å². The van der Waals surface area contributed by atoms with Gasteiger partial charge in [0.1, 0.15) is 11.5 Å². The van der Waals surface area contributed by atoms with Crippen LogP contribution in [0.4, 0.5) is 5.69 Å². The van der Waals surface area contributed by atoms with Crippen LogP contribution in [0.5, 0.6) is 11.5 Å². The number of nitrogens with one attached hydrogen (secondary N) is 1. The van der Waals surface area contributed by atoms with E-state index in [2.05, 4.69) is 5.32 Å². The lowest BCUT2D eigenvalue weighted by atomic mass is 10.2. The minimum absolute atomic E-state index is 0.426. The highest BCUT2D eigenvalue weighted by atomic mass is 16.5. The molecule has 2 aromatic rings. The molecule has 26 heavy (non-hydrogen) atoms. The number of esters is 1. The summed E-state index contributed by atoms with van der Waals surface area (Å²) in [6.45, 7) is 1.51. The Bertz CT molecular complexity index is 783. The first-order valence-electron chi connectivity index (χ1n) is 7.99. The van der Waals surface area contributed by atoms with Crippen LogP contribution >= 0.6 is 0 Å². The van der Waals surface area contributed by atoms with Crippen molar-refractivity contribution in [3.63, 3.8) is 0 Å². The Hall–Kier alpha value is -3.28. The van der Waals surface area contributed by atoms with E-state index in [9.17, 15) is 9.59 Å². The third kappa shape index (κ3) is 5.66. The Morgan fingerprint density at radius 2 is 1.69 bits per heavy atom. The number of hydrogen-bond donors (Lipinski definition) is 1. The van der Waals surface area contributed by atoms with Gasteiger partial charge in [0.2, 0.25) is 0 Å². The number of carbonyl (C=O) groups excluding carboxylic acids is 2. The Morgan fingerprint density at radius 1 is 1.00 bits per heavy atom. The summed E-state index contributed by atoms with van der Waals surface area (Å²) in [5.74, 6) is 0.320. The summed E-state index contributed by atoms with van der Waals surface area (Å²) < 4.78 is 15.3. The summed E-state index contributed by atoms with van der Waals surface area (Å²) >= 11 is 0. The molecule has 0 spiro atoms. The zero-order valence-electron chi connectivity index (χ0n) is 14.9. The third-order valence-electron chi connectivity index (χ3n) is 3.53. The second-order valence-corrected chi connectivity index (χ2v) is 5.41. The normalized spacial score (nSPS) is 11.7. The summed E-state index contributed by atoms with van der Waals surface area (Å²) in [5.41, 5.74) is 1.38. The Labute approximate surface area is 152 Å². The maximum atomic E-state index is 12.1. The van der Waals surface area contributed by atoms with Crippen LogP contribution < -0.4 is 14.8 Å². The molecule has 2 aromatic carbocycles. The molecule has 0 aliphatic rings. The van der Waals surface area contributed by atoms with Crippen molar-refractivity contribution in [1.82, 2.24) is 0 Å². The van der Waals surface area contributed by atoms with Crippen molar-refractivity contribution in [2.75, 3.05) is 19.5 Å². The molecule has 1 N–H and O–H groups in total. The standard InChI is InChI=1S/C20H21NO5/c1-14(20(23)21-16-5-4-6-18(13-16)25-3)26-19(22)12-9-15-7-10-17(24-2)11-8-15/h4-14H,1-3H3,(H,21,23)/b12-9+/t14-/m0/s1. The molecule has 0 bridgehead atoms. The zero-order valence-corrected chi connectivity index (χ0v) is 14.9. The van der Waals surface area contributed by atoms with Crippen LogP contribution in [-0.4, -0.2) is 32.2 Å². The van der Waals surface area contributed by atoms with Gasteiger partial charge in [-0.25, -0.2) is 4.79 Å². The molecule has 0 unspecified atom stereocenters. The second kappa shape index (κ2) is 9.27. The van der Waals surface area contributed by atoms with E-state index in [-0.39, 0.29) is 0 Å². The van der Waals surface area contributed by atoms with E-state index in [1.54, 1.807) is 56.7 Å². The average molecular weight is 355 g/mol. The van der Waals surface area contributed by atoms with Crippen molar-refractivity contribution in [2.24, 2.45) is 0 Å². The number of rotatable bonds is 7. The van der Waals surface area contributed by atoms with E-state index >= 15 is 0 Å². The van der Waals surface area contributed by atoms with Crippen LogP contribution in [0.2, 0.25) is 0 Å². The van der Waals surface area contributed by atoms with Crippen molar-refractivity contribution in [3.05, 3.63) is 60.2 Å². The predicted octanol–water partition coefficient (Wildman–Crippen LogP) is 3.29. The molecular formula is C20H21NO5. The minimum atomic E-state index is -0.936. The van der Waals surface area contributed by atoms with Crippen molar-refractivity contribution in [2.45, 2.75) is 13.0 Å². The molecule has 0 radical (unpaired) electrons. The first-order valence-corrected chi connectivity index (χ1v) is 7.99. The minimum Gasteiger partial charge on any atom is -0.497 e. The van der Waals surface area contributed by atoms with Gasteiger partial charge < -0.3 is 19.5 Å². The lowest BCUT2D eigenvalue weighted by Gasteiger charge is -2.13. The maximum Gasteiger partial charge on any atom is 0.331 e. The molecule has 0 heterocycles. The second-order valence-electron chi connectivity index (χ2n) is 5.41. The number of methoxy groups -OCH3 is 2. The zero-order chi connectivity index (χ0) is 18.9. The fourth-order valence-electron chi connectivity index (χ4n) is 2.09. The van der Waals surface area contributed by atoms with E-state index in [1.165, 1.54) is 13.0 Å². The number of hydrogen-bond acceptors (Lipinski definition) is 5. The van der Waals surface area contributed by atoms with Crippen LogP contribution in [-0.2, 0) is 14.3 Å². The molecule has 2 rings (SSSR count). The first kappa shape index (κ1) is 19.1. The molecule has 0 aromatic heterocycles. The van der Waals surface area contributed by atoms with Crippen molar-refractivity contribution >= 4 is 23.6 Å². The predicted molar refractivity (Wildman–Crippen MR) is 99.2 cm³/mol. The molecule has 0 aliphatic carbocycles. The van der Waals surface area contributed by atoms with E-state index < -0.39 is 18.0 Å². The molecule has 1 amide bonds. The number of ether oxygens (including phenoxy) is 3. The van der Waals surface area contributed by atoms with Gasteiger partial charge in [-0.1, -0.05) is 18.2 Å². The van der Waals surface area contributed by atoms with Crippen LogP contribution in [0.25, 0.3) is 6.08 Å². The average Bonchev–Trinajstić information content (AvgIpc) is 2.66. The number of carbonyl (C=O) groups is 2. The molecule has 0 saturated carbocycles. The van der Waals surface area contributed by atoms with Crippen molar-refractivity contribution < 1.29 is 23.8 Å². The van der Waals surface area contributed by atoms with E-state index in [4.69, 9.17) is 14.2 Å². The number of benzene rings is 2. The number of amides is 1. The van der Waals surface area contributed by atoms with Crippen molar-refractivity contribution in [1.29, 1.82) is 0 Å². The third-order valence-corrected chi connectivity index (χ3v) is 3.53. The number of anilines is 1. The highest BCUT2D eigenvalue weighted by Crippen LogP contribution is 2.17. The summed E-state index contributed by atoms with van der Waals surface area (Å²) in [4.78, 5) is 24.0. The molecule has 136 valence electrons. The molecule has 1 atom stereocenters. The SMILES string of the molecule is COc1ccc(/C=C/C(=O)O[C@@H](C)C(=O)Nc2cccc(OC)c2)cc1. The Balaban J connectivity index is 1.88. The molecule has 0 aliphatic heterocycles. The summed E-state index contributed by atoms with van der Waals surface area (Å²) in [5, 5.41) is 2.67. The van der Waals surface area contributed by atoms with Crippen LogP contribution in [0.1, 0.15) is 12.5 Å². The largest absolute Gasteiger partial charge is 0.497 e. The van der Waals surface area contributed by atoms with Crippen molar-refractivity contribution in [3.8, 4) is 11.5 Å². The van der Waals surface area contributed by atoms with Gasteiger partial charge >= 0.3 is 5.97 Å². The monoisotopic (exact) mass is 355 g/mol. The van der Waals surface area contributed by atoms with Gasteiger partial charge in [-0.3, -0.25) is 4.79 Å². The van der Waals surface area contributed by atoms with Crippen LogP contribution in [0, 0.1) is 0 Å². The fourth-order valence-corrected chi connectivity index (χ4v) is 2.09. The van der Waals surface area contributed by atoms with Gasteiger partial charge in [0.05, 0.1) is 14.2 Å². The van der Waals surface area contributed by atoms with Gasteiger partial charge in [-0.15, -0.1) is 0 Å². The van der Waals surface area contributed by atoms with Gasteiger partial charge in [0, 0.05) is 17.8 Å². The molecule has 0 fully saturated rings. The Kier molecular flexibility index (Phi) is 6.79. The topological polar surface area (TPSA) is 73.9 Å². The first-order chi connectivity index (χ1) is 12.5. The smallest absolute Gasteiger partial charge is 0.331 e. The molecule has 0 saturated heterocycles. The lowest BCUT2D eigenvalue weighted by Crippen LogP contribution is -2.29. The van der Waals surface area contributed by atoms with Gasteiger partial charge in [-0.2, -0.15) is 0 Å². The van der Waals surface area contributed by atoms with E-state index in [0.717, 1.165) is 11.3 Å². The van der Waals surface area contributed by atoms with E-state index in [1.807, 2.05) is 12.1 Å². The van der Waals surface area contributed by atoms with Crippen LogP contribution in [0.15, 0.2) is 54.6 Å². The highest BCUT2D eigenvalue weighted by Gasteiger charge is 2.16. The summed E-state index contributed by atoms with van der Waals surface area (Å²) in [6.07, 6.45) is 1.94. The van der Waals surface area contributed by atoms with Crippen LogP contribution in [0.3, 0.4) is 0 Å². The van der Waals surface area contributed by atoms with Gasteiger partial charge in [0.25, 0.3) is 5.91 Å². The van der Waals surface area contributed by atoms with E-state index in [0.29, 0.717) is 11.4 Å². The highest BCUT2D eigenvalue weighted by molar-refractivity contribution is 5.96. The Morgan fingerprint density at radius 3 is 2.35 bits per heavy atom.